The summed E-state index contributed by atoms with van der Waals surface area (Å²) in [6.07, 6.45) is 0.109. The van der Waals surface area contributed by atoms with E-state index in [0.717, 1.165) is 0 Å². The Morgan fingerprint density at radius 3 is 2.33 bits per heavy atom. The molecule has 2 rings (SSSR count). The normalized spacial score (nSPS) is 10.2. The van der Waals surface area contributed by atoms with Gasteiger partial charge in [0.2, 0.25) is 5.91 Å². The fraction of sp³-hybridized carbons (Fsp3) is 0.0714. The van der Waals surface area contributed by atoms with Gasteiger partial charge in [-0.15, -0.1) is 0 Å². The molecule has 1 N–H and O–H groups in total. The summed E-state index contributed by atoms with van der Waals surface area (Å²) in [4.78, 5) is 21.9. The Hall–Kier alpha value is -2.11. The van der Waals surface area contributed by atoms with E-state index in [-0.39, 0.29) is 18.0 Å². The predicted octanol–water partition coefficient (Wildman–Crippen LogP) is 4.08. The van der Waals surface area contributed by atoms with E-state index in [0.29, 0.717) is 21.3 Å². The van der Waals surface area contributed by atoms with Crippen molar-refractivity contribution >= 4 is 40.5 Å². The minimum Gasteiger partial charge on any atom is -0.326 e. The second-order valence-corrected chi connectivity index (χ2v) is 5.09. The van der Waals surface area contributed by atoms with E-state index in [4.69, 9.17) is 23.2 Å². The van der Waals surface area contributed by atoms with Gasteiger partial charge in [-0.2, -0.15) is 0 Å². The number of hydrogen-bond acceptors (Lipinski definition) is 3. The van der Waals surface area contributed by atoms with Crippen molar-refractivity contribution in [3.8, 4) is 0 Å². The number of non-ortho nitro benzene ring substituents is 1. The third-order valence-electron chi connectivity index (χ3n) is 2.72. The molecular formula is C14H10Cl2N2O3. The zero-order valence-electron chi connectivity index (χ0n) is 10.7. The maximum absolute atomic E-state index is 11.9. The van der Waals surface area contributed by atoms with Crippen molar-refractivity contribution in [2.45, 2.75) is 6.42 Å². The third kappa shape index (κ3) is 4.18. The Labute approximate surface area is 130 Å². The molecule has 0 unspecified atom stereocenters. The second-order valence-electron chi connectivity index (χ2n) is 4.28. The number of benzene rings is 2. The molecule has 0 radical (unpaired) electrons. The first-order valence-corrected chi connectivity index (χ1v) is 6.69. The fourth-order valence-electron chi connectivity index (χ4n) is 1.70. The smallest absolute Gasteiger partial charge is 0.269 e. The topological polar surface area (TPSA) is 72.2 Å². The molecule has 0 aliphatic rings. The SMILES string of the molecule is O=C(Cc1ccc([N+](=O)[O-])cc1)Nc1ccc(Cl)c(Cl)c1. The first-order chi connectivity index (χ1) is 9.95. The summed E-state index contributed by atoms with van der Waals surface area (Å²) in [6.45, 7) is 0. The number of nitrogens with one attached hydrogen (secondary N) is 1. The molecular weight excluding hydrogens is 315 g/mol. The summed E-state index contributed by atoms with van der Waals surface area (Å²) in [5.74, 6) is -0.248. The van der Waals surface area contributed by atoms with Gasteiger partial charge in [0.15, 0.2) is 0 Å². The van der Waals surface area contributed by atoms with Crippen LogP contribution in [0.15, 0.2) is 42.5 Å². The van der Waals surface area contributed by atoms with Crippen LogP contribution < -0.4 is 5.32 Å². The van der Waals surface area contributed by atoms with Crippen LogP contribution in [0.25, 0.3) is 0 Å². The maximum atomic E-state index is 11.9. The van der Waals surface area contributed by atoms with E-state index < -0.39 is 4.92 Å². The number of rotatable bonds is 4. The van der Waals surface area contributed by atoms with Crippen molar-refractivity contribution in [2.24, 2.45) is 0 Å². The monoisotopic (exact) mass is 324 g/mol. The molecule has 7 heteroatoms. The summed E-state index contributed by atoms with van der Waals surface area (Å²) in [5, 5.41) is 14.0. The summed E-state index contributed by atoms with van der Waals surface area (Å²) >= 11 is 11.6. The van der Waals surface area contributed by atoms with Crippen LogP contribution >= 0.6 is 23.2 Å². The van der Waals surface area contributed by atoms with Crippen molar-refractivity contribution in [1.82, 2.24) is 0 Å². The average Bonchev–Trinajstić information content (AvgIpc) is 2.43. The number of carbonyl (C=O) groups excluding carboxylic acids is 1. The molecule has 0 heterocycles. The van der Waals surface area contributed by atoms with Crippen LogP contribution in [-0.2, 0) is 11.2 Å². The standard InChI is InChI=1S/C14H10Cl2N2O3/c15-12-6-3-10(8-13(12)16)17-14(19)7-9-1-4-11(5-2-9)18(20)21/h1-6,8H,7H2,(H,17,19). The maximum Gasteiger partial charge on any atom is 0.269 e. The van der Waals surface area contributed by atoms with Crippen LogP contribution in [0.5, 0.6) is 0 Å². The fourth-order valence-corrected chi connectivity index (χ4v) is 2.00. The van der Waals surface area contributed by atoms with Gasteiger partial charge in [0.25, 0.3) is 5.69 Å². The van der Waals surface area contributed by atoms with Crippen molar-refractivity contribution < 1.29 is 9.72 Å². The van der Waals surface area contributed by atoms with Gasteiger partial charge in [0.1, 0.15) is 0 Å². The molecule has 2 aromatic carbocycles. The number of nitro groups is 1. The van der Waals surface area contributed by atoms with E-state index in [1.165, 1.54) is 12.1 Å². The minimum atomic E-state index is -0.487. The molecule has 2 aromatic rings. The van der Waals surface area contributed by atoms with Crippen molar-refractivity contribution in [2.75, 3.05) is 5.32 Å². The number of hydrogen-bond donors (Lipinski definition) is 1. The first kappa shape index (κ1) is 15.3. The van der Waals surface area contributed by atoms with E-state index in [9.17, 15) is 14.9 Å². The van der Waals surface area contributed by atoms with Gasteiger partial charge in [-0.1, -0.05) is 35.3 Å². The van der Waals surface area contributed by atoms with Gasteiger partial charge in [0, 0.05) is 17.8 Å². The summed E-state index contributed by atoms with van der Waals surface area (Å²) < 4.78 is 0. The lowest BCUT2D eigenvalue weighted by atomic mass is 10.1. The number of nitro benzene ring substituents is 1. The van der Waals surface area contributed by atoms with Crippen molar-refractivity contribution in [3.63, 3.8) is 0 Å². The Morgan fingerprint density at radius 1 is 1.10 bits per heavy atom. The number of amides is 1. The number of halogens is 2. The zero-order valence-corrected chi connectivity index (χ0v) is 12.2. The van der Waals surface area contributed by atoms with E-state index in [2.05, 4.69) is 5.32 Å². The molecule has 0 aliphatic heterocycles. The van der Waals surface area contributed by atoms with Gasteiger partial charge >= 0.3 is 0 Å². The van der Waals surface area contributed by atoms with Gasteiger partial charge in [-0.3, -0.25) is 14.9 Å². The summed E-state index contributed by atoms with van der Waals surface area (Å²) in [7, 11) is 0. The molecule has 0 saturated heterocycles. The van der Waals surface area contributed by atoms with Crippen molar-refractivity contribution in [1.29, 1.82) is 0 Å². The van der Waals surface area contributed by atoms with Crippen LogP contribution in [0, 0.1) is 10.1 Å². The largest absolute Gasteiger partial charge is 0.326 e. The second kappa shape index (κ2) is 6.56. The molecule has 0 saturated carbocycles. The molecule has 1 amide bonds. The molecule has 0 aromatic heterocycles. The molecule has 108 valence electrons. The Morgan fingerprint density at radius 2 is 1.76 bits per heavy atom. The average molecular weight is 325 g/mol. The van der Waals surface area contributed by atoms with E-state index in [1.807, 2.05) is 0 Å². The minimum absolute atomic E-state index is 0.0105. The highest BCUT2D eigenvalue weighted by atomic mass is 35.5. The quantitative estimate of drug-likeness (QED) is 0.680. The van der Waals surface area contributed by atoms with Crippen molar-refractivity contribution in [3.05, 3.63) is 68.2 Å². The lowest BCUT2D eigenvalue weighted by Crippen LogP contribution is -2.14. The molecule has 0 atom stereocenters. The van der Waals surface area contributed by atoms with Gasteiger partial charge < -0.3 is 5.32 Å². The van der Waals surface area contributed by atoms with Crippen LogP contribution in [0.2, 0.25) is 10.0 Å². The molecule has 5 nitrogen and oxygen atoms in total. The lowest BCUT2D eigenvalue weighted by molar-refractivity contribution is -0.384. The van der Waals surface area contributed by atoms with Crippen LogP contribution in [0.4, 0.5) is 11.4 Å². The van der Waals surface area contributed by atoms with Crippen LogP contribution in [0.1, 0.15) is 5.56 Å². The highest BCUT2D eigenvalue weighted by Crippen LogP contribution is 2.25. The Balaban J connectivity index is 2.01. The molecule has 0 fully saturated rings. The van der Waals surface area contributed by atoms with Gasteiger partial charge in [0.05, 0.1) is 21.4 Å². The van der Waals surface area contributed by atoms with Gasteiger partial charge in [-0.05, 0) is 23.8 Å². The summed E-state index contributed by atoms with van der Waals surface area (Å²) in [6, 6.07) is 10.6. The number of anilines is 1. The lowest BCUT2D eigenvalue weighted by Gasteiger charge is -2.06. The predicted molar refractivity (Wildman–Crippen MR) is 81.9 cm³/mol. The molecule has 0 bridgehead atoms. The summed E-state index contributed by atoms with van der Waals surface area (Å²) in [5.41, 5.74) is 1.21. The molecule has 21 heavy (non-hydrogen) atoms. The first-order valence-electron chi connectivity index (χ1n) is 5.94. The van der Waals surface area contributed by atoms with Crippen LogP contribution in [0.3, 0.4) is 0 Å². The van der Waals surface area contributed by atoms with E-state index in [1.54, 1.807) is 30.3 Å². The third-order valence-corrected chi connectivity index (χ3v) is 3.45. The van der Waals surface area contributed by atoms with E-state index >= 15 is 0 Å². The highest BCUT2D eigenvalue weighted by Gasteiger charge is 2.08. The Kier molecular flexibility index (Phi) is 4.77. The molecule has 0 spiro atoms. The number of nitrogens with zero attached hydrogens (tertiary/aromatic N) is 1. The zero-order chi connectivity index (χ0) is 15.4. The Bertz CT molecular complexity index is 687. The van der Waals surface area contributed by atoms with Gasteiger partial charge in [-0.25, -0.2) is 0 Å². The highest BCUT2D eigenvalue weighted by molar-refractivity contribution is 6.42. The molecule has 0 aliphatic carbocycles. The number of carbonyl (C=O) groups is 1. The van der Waals surface area contributed by atoms with Crippen LogP contribution in [-0.4, -0.2) is 10.8 Å².